The van der Waals surface area contributed by atoms with E-state index in [1.54, 1.807) is 44.6 Å². The van der Waals surface area contributed by atoms with Crippen LogP contribution < -0.4 is 10.1 Å². The third-order valence-electron chi connectivity index (χ3n) is 4.23. The Hall–Kier alpha value is -3.28. The minimum Gasteiger partial charge on any atom is -0.497 e. The topological polar surface area (TPSA) is 63.6 Å². The van der Waals surface area contributed by atoms with Crippen molar-refractivity contribution in [3.8, 4) is 5.75 Å². The van der Waals surface area contributed by atoms with Crippen LogP contribution in [0.15, 0.2) is 54.7 Å². The van der Waals surface area contributed by atoms with Gasteiger partial charge in [-0.25, -0.2) is 0 Å². The molecule has 6 nitrogen and oxygen atoms in total. The van der Waals surface area contributed by atoms with Crippen LogP contribution in [0.5, 0.6) is 5.75 Å². The number of nitrogens with zero attached hydrogens (tertiary/aromatic N) is 2. The highest BCUT2D eigenvalue weighted by Gasteiger charge is 2.19. The summed E-state index contributed by atoms with van der Waals surface area (Å²) in [6.45, 7) is -0.0336. The van der Waals surface area contributed by atoms with E-state index in [1.807, 2.05) is 35.9 Å². The van der Waals surface area contributed by atoms with Gasteiger partial charge < -0.3 is 19.5 Å². The second-order valence-electron chi connectivity index (χ2n) is 6.11. The van der Waals surface area contributed by atoms with Crippen LogP contribution >= 0.6 is 0 Å². The van der Waals surface area contributed by atoms with E-state index in [0.29, 0.717) is 17.0 Å². The van der Waals surface area contributed by atoms with E-state index >= 15 is 0 Å². The Morgan fingerprint density at radius 2 is 1.81 bits per heavy atom. The number of rotatable bonds is 5. The zero-order valence-electron chi connectivity index (χ0n) is 15.0. The molecule has 3 rings (SSSR count). The van der Waals surface area contributed by atoms with Gasteiger partial charge in [-0.2, -0.15) is 0 Å². The number of aryl methyl sites for hydroxylation is 1. The van der Waals surface area contributed by atoms with Gasteiger partial charge in [-0.3, -0.25) is 9.59 Å². The van der Waals surface area contributed by atoms with Gasteiger partial charge in [0.25, 0.3) is 5.91 Å². The van der Waals surface area contributed by atoms with E-state index in [0.717, 1.165) is 10.9 Å². The molecule has 0 radical (unpaired) electrons. The lowest BCUT2D eigenvalue weighted by Gasteiger charge is -2.16. The fraction of sp³-hybridized carbons (Fsp3) is 0.200. The number of para-hydroxylation sites is 1. The molecule has 0 aliphatic rings. The van der Waals surface area contributed by atoms with Gasteiger partial charge >= 0.3 is 0 Å². The molecule has 0 saturated carbocycles. The number of hydrogen-bond acceptors (Lipinski definition) is 3. The smallest absolute Gasteiger partial charge is 0.256 e. The van der Waals surface area contributed by atoms with Gasteiger partial charge in [0.2, 0.25) is 5.91 Å². The third kappa shape index (κ3) is 3.54. The molecule has 0 spiro atoms. The molecule has 1 heterocycles. The summed E-state index contributed by atoms with van der Waals surface area (Å²) in [7, 11) is 5.11. The van der Waals surface area contributed by atoms with Gasteiger partial charge in [-0.15, -0.1) is 0 Å². The van der Waals surface area contributed by atoms with Crippen molar-refractivity contribution in [2.45, 2.75) is 0 Å². The molecule has 6 heteroatoms. The van der Waals surface area contributed by atoms with Gasteiger partial charge in [-0.1, -0.05) is 18.2 Å². The number of fused-ring (bicyclic) bond motifs is 1. The average molecular weight is 351 g/mol. The van der Waals surface area contributed by atoms with Gasteiger partial charge in [0.05, 0.1) is 19.2 Å². The standard InChI is InChI=1S/C20H21N3O3/c1-22-12-17(16-6-4-5-7-18(16)22)20(25)23(2)13-19(24)21-14-8-10-15(26-3)11-9-14/h4-12H,13H2,1-3H3,(H,21,24). The zero-order chi connectivity index (χ0) is 18.7. The fourth-order valence-corrected chi connectivity index (χ4v) is 2.88. The lowest BCUT2D eigenvalue weighted by Crippen LogP contribution is -2.34. The molecule has 0 aliphatic carbocycles. The lowest BCUT2D eigenvalue weighted by atomic mass is 10.1. The lowest BCUT2D eigenvalue weighted by molar-refractivity contribution is -0.116. The Balaban J connectivity index is 1.69. The predicted octanol–water partition coefficient (Wildman–Crippen LogP) is 2.90. The van der Waals surface area contributed by atoms with E-state index in [-0.39, 0.29) is 18.4 Å². The molecule has 2 amide bonds. The van der Waals surface area contributed by atoms with E-state index in [4.69, 9.17) is 4.74 Å². The third-order valence-corrected chi connectivity index (χ3v) is 4.23. The van der Waals surface area contributed by atoms with Crippen LogP contribution in [0.25, 0.3) is 10.9 Å². The normalized spacial score (nSPS) is 10.6. The largest absolute Gasteiger partial charge is 0.497 e. The quantitative estimate of drug-likeness (QED) is 0.769. The summed E-state index contributed by atoms with van der Waals surface area (Å²) in [6, 6.07) is 14.7. The molecule has 26 heavy (non-hydrogen) atoms. The first-order valence-electron chi connectivity index (χ1n) is 8.23. The van der Waals surface area contributed by atoms with Crippen molar-refractivity contribution < 1.29 is 14.3 Å². The molecule has 0 atom stereocenters. The molecule has 0 unspecified atom stereocenters. The zero-order valence-corrected chi connectivity index (χ0v) is 15.0. The first-order valence-corrected chi connectivity index (χ1v) is 8.23. The SMILES string of the molecule is COc1ccc(NC(=O)CN(C)C(=O)c2cn(C)c3ccccc23)cc1. The summed E-state index contributed by atoms with van der Waals surface area (Å²) in [6.07, 6.45) is 1.80. The Kier molecular flexibility index (Phi) is 4.93. The molecule has 0 bridgehead atoms. The van der Waals surface area contributed by atoms with Crippen LogP contribution in [-0.4, -0.2) is 42.0 Å². The number of ether oxygens (including phenoxy) is 1. The van der Waals surface area contributed by atoms with E-state index < -0.39 is 0 Å². The number of benzene rings is 2. The van der Waals surface area contributed by atoms with Crippen molar-refractivity contribution in [3.63, 3.8) is 0 Å². The van der Waals surface area contributed by atoms with Crippen LogP contribution in [0.4, 0.5) is 5.69 Å². The summed E-state index contributed by atoms with van der Waals surface area (Å²) >= 11 is 0. The van der Waals surface area contributed by atoms with Gasteiger partial charge in [0.15, 0.2) is 0 Å². The van der Waals surface area contributed by atoms with Crippen molar-refractivity contribution in [2.24, 2.45) is 7.05 Å². The minimum atomic E-state index is -0.258. The van der Waals surface area contributed by atoms with Crippen molar-refractivity contribution in [1.82, 2.24) is 9.47 Å². The summed E-state index contributed by atoms with van der Waals surface area (Å²) in [5.41, 5.74) is 2.22. The highest BCUT2D eigenvalue weighted by atomic mass is 16.5. The number of nitrogens with one attached hydrogen (secondary N) is 1. The molecule has 2 aromatic carbocycles. The molecule has 1 aromatic heterocycles. The number of anilines is 1. The van der Waals surface area contributed by atoms with Crippen molar-refractivity contribution in [2.75, 3.05) is 26.0 Å². The number of methoxy groups -OCH3 is 1. The molecular weight excluding hydrogens is 330 g/mol. The van der Waals surface area contributed by atoms with Crippen LogP contribution in [0.2, 0.25) is 0 Å². The second kappa shape index (κ2) is 7.31. The molecule has 0 aliphatic heterocycles. The molecule has 1 N–H and O–H groups in total. The van der Waals surface area contributed by atoms with Gasteiger partial charge in [0, 0.05) is 36.9 Å². The number of aromatic nitrogens is 1. The Morgan fingerprint density at radius 1 is 1.12 bits per heavy atom. The maximum atomic E-state index is 12.8. The molecule has 134 valence electrons. The summed E-state index contributed by atoms with van der Waals surface area (Å²) in [5, 5.41) is 3.66. The summed E-state index contributed by atoms with van der Waals surface area (Å²) in [4.78, 5) is 26.4. The van der Waals surface area contributed by atoms with Crippen LogP contribution in [0.3, 0.4) is 0 Å². The van der Waals surface area contributed by atoms with Gasteiger partial charge in [-0.05, 0) is 30.3 Å². The number of hydrogen-bond donors (Lipinski definition) is 1. The van der Waals surface area contributed by atoms with Crippen LogP contribution in [-0.2, 0) is 11.8 Å². The molecule has 3 aromatic rings. The number of likely N-dealkylation sites (N-methyl/N-ethyl adjacent to an activating group) is 1. The van der Waals surface area contributed by atoms with Crippen molar-refractivity contribution >= 4 is 28.4 Å². The average Bonchev–Trinajstić information content (AvgIpc) is 2.98. The summed E-state index contributed by atoms with van der Waals surface area (Å²) < 4.78 is 7.00. The van der Waals surface area contributed by atoms with Crippen LogP contribution in [0.1, 0.15) is 10.4 Å². The number of amides is 2. The van der Waals surface area contributed by atoms with E-state index in [2.05, 4.69) is 5.32 Å². The molecular formula is C20H21N3O3. The molecule has 0 fully saturated rings. The predicted molar refractivity (Wildman–Crippen MR) is 102 cm³/mol. The minimum absolute atomic E-state index is 0.0336. The highest BCUT2D eigenvalue weighted by Crippen LogP contribution is 2.21. The Labute approximate surface area is 152 Å². The second-order valence-corrected chi connectivity index (χ2v) is 6.11. The Bertz CT molecular complexity index is 945. The number of carbonyl (C=O) groups is 2. The van der Waals surface area contributed by atoms with Gasteiger partial charge in [0.1, 0.15) is 5.75 Å². The molecule has 0 saturated heterocycles. The van der Waals surface area contributed by atoms with E-state index in [9.17, 15) is 9.59 Å². The maximum absolute atomic E-state index is 12.8. The highest BCUT2D eigenvalue weighted by molar-refractivity contribution is 6.08. The first kappa shape index (κ1) is 17.5. The van der Waals surface area contributed by atoms with Crippen molar-refractivity contribution in [3.05, 3.63) is 60.3 Å². The van der Waals surface area contributed by atoms with E-state index in [1.165, 1.54) is 4.90 Å². The maximum Gasteiger partial charge on any atom is 0.256 e. The fourth-order valence-electron chi connectivity index (χ4n) is 2.88. The number of carbonyl (C=O) groups excluding carboxylic acids is 2. The van der Waals surface area contributed by atoms with Crippen molar-refractivity contribution in [1.29, 1.82) is 0 Å². The first-order chi connectivity index (χ1) is 12.5. The monoisotopic (exact) mass is 351 g/mol. The van der Waals surface area contributed by atoms with Crippen LogP contribution in [0, 0.1) is 0 Å². The summed E-state index contributed by atoms with van der Waals surface area (Å²) in [5.74, 6) is 0.268. The Morgan fingerprint density at radius 3 is 2.50 bits per heavy atom.